The summed E-state index contributed by atoms with van der Waals surface area (Å²) in [5, 5.41) is 5.23. The molecule has 1 aliphatic heterocycles. The number of ether oxygens (including phenoxy) is 2. The van der Waals surface area contributed by atoms with Crippen molar-refractivity contribution in [2.75, 3.05) is 13.2 Å². The molecule has 4 N–H and O–H groups in total. The Bertz CT molecular complexity index is 560. The minimum absolute atomic E-state index is 0.0623. The number of urea groups is 1. The normalized spacial score (nSPS) is 14.3. The van der Waals surface area contributed by atoms with Crippen LogP contribution >= 0.6 is 0 Å². The SMILES string of the molecule is CC(C)[C@H](NC(N)=O)C(=O)NCc1ccc2c(c1)OCCO2. The summed E-state index contributed by atoms with van der Waals surface area (Å²) in [5.74, 6) is 1.04. The molecule has 7 nitrogen and oxygen atoms in total. The Morgan fingerprint density at radius 1 is 1.23 bits per heavy atom. The number of carbonyl (C=O) groups excluding carboxylic acids is 2. The maximum Gasteiger partial charge on any atom is 0.312 e. The monoisotopic (exact) mass is 307 g/mol. The molecule has 0 saturated carbocycles. The molecule has 1 aliphatic rings. The molecule has 1 aromatic rings. The van der Waals surface area contributed by atoms with Gasteiger partial charge in [-0.25, -0.2) is 4.79 Å². The summed E-state index contributed by atoms with van der Waals surface area (Å²) < 4.78 is 10.9. The van der Waals surface area contributed by atoms with E-state index in [4.69, 9.17) is 15.2 Å². The zero-order valence-corrected chi connectivity index (χ0v) is 12.7. The van der Waals surface area contributed by atoms with Gasteiger partial charge in [0.25, 0.3) is 0 Å². The van der Waals surface area contributed by atoms with E-state index in [1.165, 1.54) is 0 Å². The minimum Gasteiger partial charge on any atom is -0.486 e. The van der Waals surface area contributed by atoms with Crippen molar-refractivity contribution < 1.29 is 19.1 Å². The zero-order chi connectivity index (χ0) is 16.1. The third kappa shape index (κ3) is 4.03. The summed E-state index contributed by atoms with van der Waals surface area (Å²) in [6, 6.07) is 4.14. The predicted octanol–water partition coefficient (Wildman–Crippen LogP) is 0.767. The Hall–Kier alpha value is -2.44. The number of nitrogens with two attached hydrogens (primary N) is 1. The second kappa shape index (κ2) is 7.02. The molecule has 0 aliphatic carbocycles. The maximum atomic E-state index is 12.1. The topological polar surface area (TPSA) is 103 Å². The van der Waals surface area contributed by atoms with Gasteiger partial charge in [0.1, 0.15) is 19.3 Å². The van der Waals surface area contributed by atoms with Crippen molar-refractivity contribution in [3.8, 4) is 11.5 Å². The molecule has 7 heteroatoms. The smallest absolute Gasteiger partial charge is 0.312 e. The lowest BCUT2D eigenvalue weighted by atomic mass is 10.0. The van der Waals surface area contributed by atoms with E-state index >= 15 is 0 Å². The number of benzene rings is 1. The molecule has 0 unspecified atom stereocenters. The van der Waals surface area contributed by atoms with Gasteiger partial charge in [-0.15, -0.1) is 0 Å². The van der Waals surface area contributed by atoms with Crippen molar-refractivity contribution in [1.82, 2.24) is 10.6 Å². The van der Waals surface area contributed by atoms with Crippen LogP contribution in [0.5, 0.6) is 11.5 Å². The molecule has 0 spiro atoms. The Balaban J connectivity index is 1.96. The number of nitrogens with one attached hydrogen (secondary N) is 2. The average molecular weight is 307 g/mol. The summed E-state index contributed by atoms with van der Waals surface area (Å²) in [6.45, 7) is 5.06. The standard InChI is InChI=1S/C15H21N3O4/c1-9(2)13(18-15(16)20)14(19)17-8-10-3-4-11-12(7-10)22-6-5-21-11/h3-4,7,9,13H,5-6,8H2,1-2H3,(H,17,19)(H3,16,18,20)/t13-/m0/s1. The molecular formula is C15H21N3O4. The van der Waals surface area contributed by atoms with E-state index in [9.17, 15) is 9.59 Å². The number of primary amides is 1. The summed E-state index contributed by atoms with van der Waals surface area (Å²) >= 11 is 0. The number of fused-ring (bicyclic) bond motifs is 1. The number of amides is 3. The summed E-state index contributed by atoms with van der Waals surface area (Å²) in [7, 11) is 0. The van der Waals surface area contributed by atoms with Crippen molar-refractivity contribution in [1.29, 1.82) is 0 Å². The highest BCUT2D eigenvalue weighted by molar-refractivity contribution is 5.86. The van der Waals surface area contributed by atoms with Crippen molar-refractivity contribution in [2.45, 2.75) is 26.4 Å². The van der Waals surface area contributed by atoms with Gasteiger partial charge in [-0.3, -0.25) is 4.79 Å². The zero-order valence-electron chi connectivity index (χ0n) is 12.7. The second-order valence-electron chi connectivity index (χ2n) is 5.43. The Labute approximate surface area is 129 Å². The van der Waals surface area contributed by atoms with E-state index in [0.717, 1.165) is 5.56 Å². The molecule has 0 radical (unpaired) electrons. The van der Waals surface area contributed by atoms with Gasteiger partial charge in [-0.1, -0.05) is 19.9 Å². The highest BCUT2D eigenvalue weighted by Gasteiger charge is 2.23. The van der Waals surface area contributed by atoms with Crippen molar-refractivity contribution in [3.63, 3.8) is 0 Å². The average Bonchev–Trinajstić information content (AvgIpc) is 2.49. The molecule has 120 valence electrons. The quantitative estimate of drug-likeness (QED) is 0.747. The molecule has 2 rings (SSSR count). The van der Waals surface area contributed by atoms with Crippen LogP contribution in [0.15, 0.2) is 18.2 Å². The molecular weight excluding hydrogens is 286 g/mol. The fourth-order valence-electron chi connectivity index (χ4n) is 2.19. The van der Waals surface area contributed by atoms with E-state index in [2.05, 4.69) is 10.6 Å². The van der Waals surface area contributed by atoms with E-state index < -0.39 is 12.1 Å². The largest absolute Gasteiger partial charge is 0.486 e. The van der Waals surface area contributed by atoms with Crippen LogP contribution in [0, 0.1) is 5.92 Å². The molecule has 0 bridgehead atoms. The summed E-state index contributed by atoms with van der Waals surface area (Å²) in [5.41, 5.74) is 5.98. The van der Waals surface area contributed by atoms with Gasteiger partial charge in [-0.2, -0.15) is 0 Å². The second-order valence-corrected chi connectivity index (χ2v) is 5.43. The Morgan fingerprint density at radius 2 is 1.91 bits per heavy atom. The van der Waals surface area contributed by atoms with E-state index in [1.54, 1.807) is 0 Å². The highest BCUT2D eigenvalue weighted by Crippen LogP contribution is 2.30. The lowest BCUT2D eigenvalue weighted by molar-refractivity contribution is -0.124. The minimum atomic E-state index is -0.715. The van der Waals surface area contributed by atoms with Crippen LogP contribution in [0.4, 0.5) is 4.79 Å². The summed E-state index contributed by atoms with van der Waals surface area (Å²) in [4.78, 5) is 23.1. The van der Waals surface area contributed by atoms with Crippen LogP contribution in [0.1, 0.15) is 19.4 Å². The molecule has 0 aromatic heterocycles. The molecule has 1 atom stereocenters. The first-order valence-corrected chi connectivity index (χ1v) is 7.19. The lowest BCUT2D eigenvalue weighted by Gasteiger charge is -2.21. The van der Waals surface area contributed by atoms with E-state index in [0.29, 0.717) is 31.3 Å². The molecule has 0 saturated heterocycles. The first-order valence-electron chi connectivity index (χ1n) is 7.19. The molecule has 22 heavy (non-hydrogen) atoms. The van der Waals surface area contributed by atoms with Gasteiger partial charge in [-0.05, 0) is 23.6 Å². The van der Waals surface area contributed by atoms with Crippen molar-refractivity contribution in [2.24, 2.45) is 11.7 Å². The van der Waals surface area contributed by atoms with E-state index in [-0.39, 0.29) is 11.8 Å². The van der Waals surface area contributed by atoms with Gasteiger partial charge >= 0.3 is 6.03 Å². The Kier molecular flexibility index (Phi) is 5.08. The number of hydrogen-bond acceptors (Lipinski definition) is 4. The van der Waals surface area contributed by atoms with Gasteiger partial charge in [0.2, 0.25) is 5.91 Å². The third-order valence-corrected chi connectivity index (χ3v) is 3.32. The van der Waals surface area contributed by atoms with Gasteiger partial charge < -0.3 is 25.8 Å². The van der Waals surface area contributed by atoms with Crippen LogP contribution < -0.4 is 25.8 Å². The fourth-order valence-corrected chi connectivity index (χ4v) is 2.19. The number of hydrogen-bond donors (Lipinski definition) is 3. The van der Waals surface area contributed by atoms with Gasteiger partial charge in [0.05, 0.1) is 0 Å². The van der Waals surface area contributed by atoms with Crippen LogP contribution in [0.25, 0.3) is 0 Å². The third-order valence-electron chi connectivity index (χ3n) is 3.32. The molecule has 3 amide bonds. The summed E-state index contributed by atoms with van der Waals surface area (Å²) in [6.07, 6.45) is 0. The van der Waals surface area contributed by atoms with Gasteiger partial charge in [0, 0.05) is 6.54 Å². The van der Waals surface area contributed by atoms with Gasteiger partial charge in [0.15, 0.2) is 11.5 Å². The highest BCUT2D eigenvalue weighted by atomic mass is 16.6. The lowest BCUT2D eigenvalue weighted by Crippen LogP contribution is -2.51. The van der Waals surface area contributed by atoms with Crippen LogP contribution in [-0.2, 0) is 11.3 Å². The van der Waals surface area contributed by atoms with E-state index in [1.807, 2.05) is 32.0 Å². The van der Waals surface area contributed by atoms with Crippen molar-refractivity contribution in [3.05, 3.63) is 23.8 Å². The molecule has 0 fully saturated rings. The number of rotatable bonds is 5. The van der Waals surface area contributed by atoms with Crippen molar-refractivity contribution >= 4 is 11.9 Å². The van der Waals surface area contributed by atoms with Crippen LogP contribution in [-0.4, -0.2) is 31.2 Å². The van der Waals surface area contributed by atoms with Crippen LogP contribution in [0.2, 0.25) is 0 Å². The molecule has 1 aromatic carbocycles. The Morgan fingerprint density at radius 3 is 2.55 bits per heavy atom. The predicted molar refractivity (Wildman–Crippen MR) is 80.6 cm³/mol. The first-order chi connectivity index (χ1) is 10.5. The first kappa shape index (κ1) is 15.9. The van der Waals surface area contributed by atoms with Crippen LogP contribution in [0.3, 0.4) is 0 Å². The molecule has 1 heterocycles. The fraction of sp³-hybridized carbons (Fsp3) is 0.467. The maximum absolute atomic E-state index is 12.1. The number of carbonyl (C=O) groups is 2.